The number of hydrogen-bond acceptors (Lipinski definition) is 4. The lowest BCUT2D eigenvalue weighted by molar-refractivity contribution is -0.137. The molecule has 0 unspecified atom stereocenters. The molecule has 5 rings (SSSR count). The van der Waals surface area contributed by atoms with Crippen LogP contribution in [0, 0.1) is 6.92 Å². The first kappa shape index (κ1) is 18.7. The van der Waals surface area contributed by atoms with Gasteiger partial charge in [-0.05, 0) is 36.8 Å². The molecule has 0 atom stereocenters. The summed E-state index contributed by atoms with van der Waals surface area (Å²) in [6.45, 7) is 4.61. The highest BCUT2D eigenvalue weighted by molar-refractivity contribution is 6.08. The molecule has 2 aromatic carbocycles. The van der Waals surface area contributed by atoms with Gasteiger partial charge < -0.3 is 14.8 Å². The van der Waals surface area contributed by atoms with E-state index in [1.54, 1.807) is 12.4 Å². The molecule has 4 aromatic rings. The lowest BCUT2D eigenvalue weighted by atomic mass is 10.1. The summed E-state index contributed by atoms with van der Waals surface area (Å²) in [5.74, 6) is 0.831. The van der Waals surface area contributed by atoms with Crippen LogP contribution in [0.4, 0.5) is 24.7 Å². The minimum atomic E-state index is -4.33. The van der Waals surface area contributed by atoms with Crippen molar-refractivity contribution in [3.8, 4) is 0 Å². The SMILES string of the molecule is Cc1ccc2c(c1)[nH]c1c(N3CCN(c4cccc(C(F)(F)F)c4)CC3)ncnc12. The van der Waals surface area contributed by atoms with E-state index in [1.165, 1.54) is 17.7 Å². The second-order valence-electron chi connectivity index (χ2n) is 7.62. The minimum Gasteiger partial charge on any atom is -0.368 e. The normalized spacial score (nSPS) is 15.3. The molecule has 1 aliphatic heterocycles. The van der Waals surface area contributed by atoms with Gasteiger partial charge in [0, 0.05) is 42.8 Å². The van der Waals surface area contributed by atoms with Crippen LogP contribution in [0.3, 0.4) is 0 Å². The Labute approximate surface area is 171 Å². The maximum atomic E-state index is 13.0. The number of nitrogens with one attached hydrogen (secondary N) is 1. The fourth-order valence-electron chi connectivity index (χ4n) is 4.09. The summed E-state index contributed by atoms with van der Waals surface area (Å²) in [6, 6.07) is 11.7. The van der Waals surface area contributed by atoms with E-state index in [-0.39, 0.29) is 0 Å². The molecule has 0 spiro atoms. The highest BCUT2D eigenvalue weighted by Crippen LogP contribution is 2.33. The van der Waals surface area contributed by atoms with Gasteiger partial charge in [-0.2, -0.15) is 13.2 Å². The zero-order chi connectivity index (χ0) is 20.9. The number of benzene rings is 2. The molecule has 1 fully saturated rings. The summed E-state index contributed by atoms with van der Waals surface area (Å²) in [5.41, 5.74) is 3.94. The third-order valence-corrected chi connectivity index (χ3v) is 5.63. The minimum absolute atomic E-state index is 0.596. The molecule has 5 nitrogen and oxygen atoms in total. The number of hydrogen-bond donors (Lipinski definition) is 1. The van der Waals surface area contributed by atoms with Gasteiger partial charge >= 0.3 is 6.18 Å². The van der Waals surface area contributed by atoms with Crippen molar-refractivity contribution >= 4 is 33.4 Å². The molecule has 8 heteroatoms. The third-order valence-electron chi connectivity index (χ3n) is 5.63. The molecule has 154 valence electrons. The number of nitrogens with zero attached hydrogens (tertiary/aromatic N) is 4. The van der Waals surface area contributed by atoms with E-state index >= 15 is 0 Å². The van der Waals surface area contributed by atoms with E-state index in [9.17, 15) is 13.2 Å². The van der Waals surface area contributed by atoms with Crippen LogP contribution in [0.15, 0.2) is 48.8 Å². The Morgan fingerprint density at radius 1 is 0.933 bits per heavy atom. The number of aromatic amines is 1. The van der Waals surface area contributed by atoms with Crippen molar-refractivity contribution in [1.29, 1.82) is 0 Å². The van der Waals surface area contributed by atoms with Gasteiger partial charge in [-0.25, -0.2) is 9.97 Å². The lowest BCUT2D eigenvalue weighted by Crippen LogP contribution is -2.47. The number of alkyl halides is 3. The summed E-state index contributed by atoms with van der Waals surface area (Å²) in [4.78, 5) is 16.6. The monoisotopic (exact) mass is 411 g/mol. The van der Waals surface area contributed by atoms with Crippen LogP contribution in [0.5, 0.6) is 0 Å². The van der Waals surface area contributed by atoms with Gasteiger partial charge in [0.1, 0.15) is 17.4 Å². The Morgan fingerprint density at radius 3 is 2.47 bits per heavy atom. The van der Waals surface area contributed by atoms with E-state index in [4.69, 9.17) is 0 Å². The molecule has 0 radical (unpaired) electrons. The molecule has 0 bridgehead atoms. The third kappa shape index (κ3) is 3.22. The largest absolute Gasteiger partial charge is 0.416 e. The molecule has 0 aliphatic carbocycles. The first-order valence-corrected chi connectivity index (χ1v) is 9.80. The molecule has 0 amide bonds. The summed E-state index contributed by atoms with van der Waals surface area (Å²) in [6.07, 6.45) is -2.76. The van der Waals surface area contributed by atoms with Crippen LogP contribution in [-0.2, 0) is 6.18 Å². The molecule has 30 heavy (non-hydrogen) atoms. The topological polar surface area (TPSA) is 48.1 Å². The highest BCUT2D eigenvalue weighted by atomic mass is 19.4. The zero-order valence-corrected chi connectivity index (χ0v) is 16.4. The number of aryl methyl sites for hydroxylation is 1. The second kappa shape index (κ2) is 6.90. The molecule has 0 saturated carbocycles. The molecular formula is C22H20F3N5. The van der Waals surface area contributed by atoms with E-state index in [0.717, 1.165) is 33.8 Å². The molecule has 1 aliphatic rings. The number of rotatable bonds is 2. The quantitative estimate of drug-likeness (QED) is 0.517. The number of anilines is 2. The number of halogens is 3. The predicted molar refractivity (Wildman–Crippen MR) is 112 cm³/mol. The van der Waals surface area contributed by atoms with Crippen LogP contribution in [-0.4, -0.2) is 41.1 Å². The first-order chi connectivity index (χ1) is 14.4. The van der Waals surface area contributed by atoms with Gasteiger partial charge in [-0.1, -0.05) is 18.2 Å². The smallest absolute Gasteiger partial charge is 0.368 e. The zero-order valence-electron chi connectivity index (χ0n) is 16.4. The standard InChI is InChI=1S/C22H20F3N5/c1-14-5-6-17-18(11-14)28-20-19(17)26-13-27-21(20)30-9-7-29(8-10-30)16-4-2-3-15(12-16)22(23,24)25/h2-6,11-13,28H,7-10H2,1H3. The second-order valence-corrected chi connectivity index (χ2v) is 7.62. The average Bonchev–Trinajstić information content (AvgIpc) is 3.11. The number of fused-ring (bicyclic) bond motifs is 3. The van der Waals surface area contributed by atoms with Gasteiger partial charge in [0.2, 0.25) is 0 Å². The Balaban J connectivity index is 1.41. The molecule has 1 N–H and O–H groups in total. The maximum Gasteiger partial charge on any atom is 0.416 e. The Hall–Kier alpha value is -3.29. The fourth-order valence-corrected chi connectivity index (χ4v) is 4.09. The Kier molecular flexibility index (Phi) is 4.30. The van der Waals surface area contributed by atoms with Crippen LogP contribution in [0.1, 0.15) is 11.1 Å². The summed E-state index contributed by atoms with van der Waals surface area (Å²) in [7, 11) is 0. The van der Waals surface area contributed by atoms with Crippen molar-refractivity contribution in [3.05, 3.63) is 59.9 Å². The van der Waals surface area contributed by atoms with Crippen LogP contribution >= 0.6 is 0 Å². The van der Waals surface area contributed by atoms with Gasteiger partial charge in [-0.15, -0.1) is 0 Å². The van der Waals surface area contributed by atoms with E-state index in [2.05, 4.69) is 38.1 Å². The molecule has 1 saturated heterocycles. The van der Waals surface area contributed by atoms with Crippen molar-refractivity contribution in [3.63, 3.8) is 0 Å². The molecular weight excluding hydrogens is 391 g/mol. The van der Waals surface area contributed by atoms with Crippen molar-refractivity contribution in [2.45, 2.75) is 13.1 Å². The van der Waals surface area contributed by atoms with E-state index in [0.29, 0.717) is 31.9 Å². The average molecular weight is 411 g/mol. The maximum absolute atomic E-state index is 13.0. The van der Waals surface area contributed by atoms with Crippen molar-refractivity contribution in [1.82, 2.24) is 15.0 Å². The van der Waals surface area contributed by atoms with Gasteiger partial charge in [0.15, 0.2) is 5.82 Å². The first-order valence-electron chi connectivity index (χ1n) is 9.80. The highest BCUT2D eigenvalue weighted by Gasteiger charge is 2.31. The van der Waals surface area contributed by atoms with Crippen LogP contribution < -0.4 is 9.80 Å². The van der Waals surface area contributed by atoms with Gasteiger partial charge in [0.05, 0.1) is 5.56 Å². The van der Waals surface area contributed by atoms with E-state index < -0.39 is 11.7 Å². The van der Waals surface area contributed by atoms with E-state index in [1.807, 2.05) is 11.8 Å². The molecule has 3 heterocycles. The summed E-state index contributed by atoms with van der Waals surface area (Å²) >= 11 is 0. The number of piperazine rings is 1. The Bertz CT molecular complexity index is 1220. The van der Waals surface area contributed by atoms with Crippen molar-refractivity contribution in [2.75, 3.05) is 36.0 Å². The fraction of sp³-hybridized carbons (Fsp3) is 0.273. The number of H-pyrrole nitrogens is 1. The number of aromatic nitrogens is 3. The van der Waals surface area contributed by atoms with Gasteiger partial charge in [-0.3, -0.25) is 0 Å². The summed E-state index contributed by atoms with van der Waals surface area (Å²) < 4.78 is 39.1. The predicted octanol–water partition coefficient (Wildman–Crippen LogP) is 4.76. The summed E-state index contributed by atoms with van der Waals surface area (Å²) in [5, 5.41) is 1.06. The van der Waals surface area contributed by atoms with Crippen LogP contribution in [0.2, 0.25) is 0 Å². The van der Waals surface area contributed by atoms with Crippen molar-refractivity contribution in [2.24, 2.45) is 0 Å². The Morgan fingerprint density at radius 2 is 1.70 bits per heavy atom. The van der Waals surface area contributed by atoms with Crippen molar-refractivity contribution < 1.29 is 13.2 Å². The molecule has 2 aromatic heterocycles. The van der Waals surface area contributed by atoms with Gasteiger partial charge in [0.25, 0.3) is 0 Å². The lowest BCUT2D eigenvalue weighted by Gasteiger charge is -2.37. The van der Waals surface area contributed by atoms with Crippen LogP contribution in [0.25, 0.3) is 21.9 Å².